The zero-order valence-corrected chi connectivity index (χ0v) is 17.0. The molecule has 1 N–H and O–H groups in total. The largest absolute Gasteiger partial charge is 0.355 e. The minimum absolute atomic E-state index is 0.0586. The maximum Gasteiger partial charge on any atom is 0.233 e. The summed E-state index contributed by atoms with van der Waals surface area (Å²) in [6, 6.07) is 10.2. The molecule has 1 aromatic carbocycles. The van der Waals surface area contributed by atoms with Gasteiger partial charge in [0.05, 0.1) is 11.8 Å². The fraction of sp³-hybridized carbons (Fsp3) is 0.476. The van der Waals surface area contributed by atoms with E-state index in [2.05, 4.69) is 38.3 Å². The number of aromatic nitrogens is 3. The molecule has 5 nitrogen and oxygen atoms in total. The molecule has 0 bridgehead atoms. The second kappa shape index (κ2) is 9.74. The molecular weight excluding hydrogens is 356 g/mol. The molecule has 1 aromatic heterocycles. The van der Waals surface area contributed by atoms with Crippen molar-refractivity contribution in [2.45, 2.75) is 62.9 Å². The van der Waals surface area contributed by atoms with Crippen LogP contribution in [0.3, 0.4) is 0 Å². The summed E-state index contributed by atoms with van der Waals surface area (Å²) in [6.07, 6.45) is 8.25. The first-order chi connectivity index (χ1) is 13.1. The van der Waals surface area contributed by atoms with Gasteiger partial charge in [-0.25, -0.2) is 0 Å². The van der Waals surface area contributed by atoms with E-state index in [0.29, 0.717) is 13.1 Å². The number of benzene rings is 1. The Morgan fingerprint density at radius 2 is 2.07 bits per heavy atom. The molecule has 27 heavy (non-hydrogen) atoms. The van der Waals surface area contributed by atoms with Gasteiger partial charge in [-0.2, -0.15) is 0 Å². The molecule has 2 aromatic rings. The highest BCUT2D eigenvalue weighted by atomic mass is 32.2. The van der Waals surface area contributed by atoms with E-state index in [1.807, 2.05) is 32.0 Å². The molecular formula is C21H28N4OS. The lowest BCUT2D eigenvalue weighted by Gasteiger charge is -2.15. The predicted molar refractivity (Wildman–Crippen MR) is 110 cm³/mol. The highest BCUT2D eigenvalue weighted by Gasteiger charge is 2.19. The fourth-order valence-electron chi connectivity index (χ4n) is 3.23. The van der Waals surface area contributed by atoms with Crippen LogP contribution in [0.25, 0.3) is 0 Å². The Morgan fingerprint density at radius 3 is 2.81 bits per heavy atom. The molecule has 144 valence electrons. The van der Waals surface area contributed by atoms with Gasteiger partial charge in [0.25, 0.3) is 0 Å². The molecule has 1 atom stereocenters. The van der Waals surface area contributed by atoms with Crippen molar-refractivity contribution in [3.05, 3.63) is 53.4 Å². The molecule has 1 aliphatic carbocycles. The van der Waals surface area contributed by atoms with E-state index in [9.17, 15) is 4.79 Å². The van der Waals surface area contributed by atoms with Crippen LogP contribution in [0.15, 0.2) is 47.1 Å². The average Bonchev–Trinajstić information content (AvgIpc) is 3.03. The fourth-order valence-corrected chi connectivity index (χ4v) is 4.15. The van der Waals surface area contributed by atoms with E-state index >= 15 is 0 Å². The van der Waals surface area contributed by atoms with Gasteiger partial charge >= 0.3 is 0 Å². The van der Waals surface area contributed by atoms with Crippen LogP contribution in [0.1, 0.15) is 50.4 Å². The maximum absolute atomic E-state index is 12.5. The monoisotopic (exact) mass is 384 g/mol. The van der Waals surface area contributed by atoms with Crippen LogP contribution >= 0.6 is 11.8 Å². The van der Waals surface area contributed by atoms with Gasteiger partial charge in [0, 0.05) is 6.54 Å². The van der Waals surface area contributed by atoms with Crippen molar-refractivity contribution in [1.82, 2.24) is 20.1 Å². The van der Waals surface area contributed by atoms with Crippen LogP contribution < -0.4 is 5.32 Å². The van der Waals surface area contributed by atoms with Crippen molar-refractivity contribution >= 4 is 17.7 Å². The third-order valence-electron chi connectivity index (χ3n) is 4.87. The van der Waals surface area contributed by atoms with Gasteiger partial charge < -0.3 is 9.88 Å². The van der Waals surface area contributed by atoms with Gasteiger partial charge in [-0.1, -0.05) is 53.7 Å². The Morgan fingerprint density at radius 1 is 1.26 bits per heavy atom. The van der Waals surface area contributed by atoms with E-state index in [-0.39, 0.29) is 11.2 Å². The summed E-state index contributed by atoms with van der Waals surface area (Å²) in [5.74, 6) is 0.918. The maximum atomic E-state index is 12.5. The third-order valence-corrected chi connectivity index (χ3v) is 5.95. The molecule has 0 radical (unpaired) electrons. The number of aryl methyl sites for hydroxylation is 1. The first-order valence-electron chi connectivity index (χ1n) is 9.69. The Balaban J connectivity index is 1.53. The van der Waals surface area contributed by atoms with E-state index < -0.39 is 0 Å². The smallest absolute Gasteiger partial charge is 0.233 e. The normalized spacial score (nSPS) is 15.3. The molecule has 0 saturated heterocycles. The van der Waals surface area contributed by atoms with Gasteiger partial charge in [-0.05, 0) is 51.5 Å². The summed E-state index contributed by atoms with van der Waals surface area (Å²) in [7, 11) is 0. The van der Waals surface area contributed by atoms with Crippen LogP contribution in [0.4, 0.5) is 0 Å². The number of rotatable bonds is 8. The van der Waals surface area contributed by atoms with E-state index in [4.69, 9.17) is 0 Å². The zero-order chi connectivity index (χ0) is 19.1. The summed E-state index contributed by atoms with van der Waals surface area (Å²) in [4.78, 5) is 12.5. The minimum Gasteiger partial charge on any atom is -0.355 e. The lowest BCUT2D eigenvalue weighted by molar-refractivity contribution is -0.120. The Bertz CT molecular complexity index is 785. The highest BCUT2D eigenvalue weighted by Crippen LogP contribution is 2.24. The lowest BCUT2D eigenvalue weighted by atomic mass is 9.97. The Kier molecular flexibility index (Phi) is 7.10. The van der Waals surface area contributed by atoms with Crippen molar-refractivity contribution in [2.75, 3.05) is 6.54 Å². The molecule has 1 aliphatic rings. The first-order valence-corrected chi connectivity index (χ1v) is 10.6. The minimum atomic E-state index is -0.205. The Hall–Kier alpha value is -2.08. The second-order valence-electron chi connectivity index (χ2n) is 7.01. The number of nitrogens with zero attached hydrogens (tertiary/aromatic N) is 3. The van der Waals surface area contributed by atoms with E-state index in [1.54, 1.807) is 0 Å². The van der Waals surface area contributed by atoms with E-state index in [1.165, 1.54) is 48.6 Å². The Labute approximate surface area is 165 Å². The van der Waals surface area contributed by atoms with Crippen LogP contribution in [-0.4, -0.2) is 32.5 Å². The topological polar surface area (TPSA) is 59.8 Å². The number of amides is 1. The van der Waals surface area contributed by atoms with Crippen LogP contribution in [0.5, 0.6) is 0 Å². The molecule has 0 aliphatic heterocycles. The van der Waals surface area contributed by atoms with Gasteiger partial charge in [0.1, 0.15) is 5.82 Å². The van der Waals surface area contributed by atoms with Gasteiger partial charge in [-0.15, -0.1) is 10.2 Å². The standard InChI is InChI=1S/C21H28N4OS/c1-16(20(26)22-14-13-18-9-5-3-6-10-18)27-21-24-23-17(2)25(21)15-19-11-7-4-8-12-19/h4,7-9,11-12,16H,3,5-6,10,13-15H2,1-2H3,(H,22,26)/t16-/m0/s1. The van der Waals surface area contributed by atoms with Crippen molar-refractivity contribution in [2.24, 2.45) is 0 Å². The third kappa shape index (κ3) is 5.70. The number of carbonyl (C=O) groups is 1. The molecule has 3 rings (SSSR count). The summed E-state index contributed by atoms with van der Waals surface area (Å²) >= 11 is 1.47. The van der Waals surface area contributed by atoms with Crippen molar-refractivity contribution < 1.29 is 4.79 Å². The van der Waals surface area contributed by atoms with Crippen molar-refractivity contribution in [3.8, 4) is 0 Å². The second-order valence-corrected chi connectivity index (χ2v) is 8.32. The number of hydrogen-bond acceptors (Lipinski definition) is 4. The van der Waals surface area contributed by atoms with Crippen molar-refractivity contribution in [1.29, 1.82) is 0 Å². The number of allylic oxidation sites excluding steroid dienone is 1. The summed E-state index contributed by atoms with van der Waals surface area (Å²) in [5.41, 5.74) is 2.68. The van der Waals surface area contributed by atoms with Crippen LogP contribution in [0, 0.1) is 6.92 Å². The van der Waals surface area contributed by atoms with E-state index in [0.717, 1.165) is 17.4 Å². The number of hydrogen-bond donors (Lipinski definition) is 1. The quantitative estimate of drug-likeness (QED) is 0.549. The molecule has 0 unspecified atom stereocenters. The van der Waals surface area contributed by atoms with Crippen LogP contribution in [0.2, 0.25) is 0 Å². The molecule has 0 fully saturated rings. The van der Waals surface area contributed by atoms with Crippen molar-refractivity contribution in [3.63, 3.8) is 0 Å². The summed E-state index contributed by atoms with van der Waals surface area (Å²) in [6.45, 7) is 5.30. The summed E-state index contributed by atoms with van der Waals surface area (Å²) in [5, 5.41) is 12.1. The highest BCUT2D eigenvalue weighted by molar-refractivity contribution is 8.00. The SMILES string of the molecule is Cc1nnc(S[C@@H](C)C(=O)NCCC2=CCCCC2)n1Cc1ccccc1. The molecule has 0 spiro atoms. The first kappa shape index (κ1) is 19.7. The molecule has 1 heterocycles. The lowest BCUT2D eigenvalue weighted by Crippen LogP contribution is -2.32. The number of carbonyl (C=O) groups excluding carboxylic acids is 1. The average molecular weight is 385 g/mol. The van der Waals surface area contributed by atoms with Gasteiger partial charge in [-0.3, -0.25) is 4.79 Å². The van der Waals surface area contributed by atoms with Crippen LogP contribution in [-0.2, 0) is 11.3 Å². The predicted octanol–water partition coefficient (Wildman–Crippen LogP) is 4.12. The summed E-state index contributed by atoms with van der Waals surface area (Å²) < 4.78 is 2.07. The number of thioether (sulfide) groups is 1. The zero-order valence-electron chi connectivity index (χ0n) is 16.1. The molecule has 0 saturated carbocycles. The molecule has 6 heteroatoms. The molecule has 1 amide bonds. The van der Waals surface area contributed by atoms with Gasteiger partial charge in [0.2, 0.25) is 5.91 Å². The van der Waals surface area contributed by atoms with Gasteiger partial charge in [0.15, 0.2) is 5.16 Å². The number of nitrogens with one attached hydrogen (secondary N) is 1.